The van der Waals surface area contributed by atoms with E-state index in [0.29, 0.717) is 18.8 Å². The summed E-state index contributed by atoms with van der Waals surface area (Å²) in [5.41, 5.74) is 2.80. The fourth-order valence-corrected chi connectivity index (χ4v) is 3.28. The Morgan fingerprint density at radius 2 is 1.96 bits per heavy atom. The van der Waals surface area contributed by atoms with Crippen molar-refractivity contribution in [3.05, 3.63) is 35.4 Å². The third kappa shape index (κ3) is 4.54. The normalized spacial score (nSPS) is 15.3. The van der Waals surface area contributed by atoms with Crippen LogP contribution in [-0.2, 0) is 24.4 Å². The molecule has 0 radical (unpaired) electrons. The molecule has 0 spiro atoms. The molecule has 2 aromatic rings. The number of carbonyl (C=O) groups is 2. The Bertz CT molecular complexity index is 804. The lowest BCUT2D eigenvalue weighted by molar-refractivity contribution is -0.137. The van der Waals surface area contributed by atoms with E-state index in [1.54, 1.807) is 12.3 Å². The van der Waals surface area contributed by atoms with Crippen LogP contribution in [0.1, 0.15) is 35.1 Å². The van der Waals surface area contributed by atoms with Gasteiger partial charge in [-0.2, -0.15) is 10.2 Å². The zero-order valence-electron chi connectivity index (χ0n) is 15.8. The maximum atomic E-state index is 12.6. The Hall–Kier alpha value is -2.68. The summed E-state index contributed by atoms with van der Waals surface area (Å²) in [5, 5.41) is 17.3. The van der Waals surface area contributed by atoms with Gasteiger partial charge in [-0.1, -0.05) is 0 Å². The first-order valence-electron chi connectivity index (χ1n) is 9.26. The van der Waals surface area contributed by atoms with Gasteiger partial charge in [0.15, 0.2) is 0 Å². The SMILES string of the molecule is CCn1ncc(CN2CCN(C(=O)c3ccn(CCC(=O)O)n3)CC2)c1C. The maximum absolute atomic E-state index is 12.6. The van der Waals surface area contributed by atoms with Crippen molar-refractivity contribution in [2.24, 2.45) is 0 Å². The Morgan fingerprint density at radius 3 is 2.59 bits per heavy atom. The molecular formula is C18H26N6O3. The van der Waals surface area contributed by atoms with E-state index in [9.17, 15) is 9.59 Å². The molecule has 1 aliphatic heterocycles. The number of carboxylic acid groups (broad SMARTS) is 1. The lowest BCUT2D eigenvalue weighted by Crippen LogP contribution is -2.48. The second-order valence-electron chi connectivity index (χ2n) is 6.75. The Morgan fingerprint density at radius 1 is 1.22 bits per heavy atom. The van der Waals surface area contributed by atoms with Gasteiger partial charge in [-0.05, 0) is 19.9 Å². The van der Waals surface area contributed by atoms with Crippen molar-refractivity contribution in [2.75, 3.05) is 26.2 Å². The van der Waals surface area contributed by atoms with Crippen molar-refractivity contribution in [1.29, 1.82) is 0 Å². The van der Waals surface area contributed by atoms with Gasteiger partial charge in [0, 0.05) is 56.7 Å². The van der Waals surface area contributed by atoms with Gasteiger partial charge in [0.1, 0.15) is 5.69 Å². The van der Waals surface area contributed by atoms with Crippen molar-refractivity contribution in [3.8, 4) is 0 Å². The highest BCUT2D eigenvalue weighted by Gasteiger charge is 2.24. The topological polar surface area (TPSA) is 96.5 Å². The summed E-state index contributed by atoms with van der Waals surface area (Å²) in [6.07, 6.45) is 3.57. The van der Waals surface area contributed by atoms with Gasteiger partial charge < -0.3 is 10.0 Å². The fourth-order valence-electron chi connectivity index (χ4n) is 3.28. The lowest BCUT2D eigenvalue weighted by atomic mass is 10.2. The van der Waals surface area contributed by atoms with E-state index in [1.165, 1.54) is 15.9 Å². The number of carbonyl (C=O) groups excluding carboxylic acids is 1. The van der Waals surface area contributed by atoms with Gasteiger partial charge in [-0.25, -0.2) is 0 Å². The summed E-state index contributed by atoms with van der Waals surface area (Å²) in [4.78, 5) is 27.4. The molecule has 0 aromatic carbocycles. The molecule has 9 nitrogen and oxygen atoms in total. The monoisotopic (exact) mass is 374 g/mol. The van der Waals surface area contributed by atoms with Gasteiger partial charge >= 0.3 is 5.97 Å². The van der Waals surface area contributed by atoms with Crippen LogP contribution < -0.4 is 0 Å². The zero-order chi connectivity index (χ0) is 19.4. The summed E-state index contributed by atoms with van der Waals surface area (Å²) in [6, 6.07) is 1.65. The van der Waals surface area contributed by atoms with Crippen molar-refractivity contribution >= 4 is 11.9 Å². The largest absolute Gasteiger partial charge is 0.481 e. The number of hydrogen-bond donors (Lipinski definition) is 1. The maximum Gasteiger partial charge on any atom is 0.305 e. The van der Waals surface area contributed by atoms with E-state index in [0.717, 1.165) is 26.2 Å². The number of aliphatic carboxylic acids is 1. The molecule has 1 N–H and O–H groups in total. The number of piperazine rings is 1. The number of hydrogen-bond acceptors (Lipinski definition) is 5. The molecule has 3 rings (SSSR count). The molecule has 0 atom stereocenters. The van der Waals surface area contributed by atoms with Crippen molar-refractivity contribution in [1.82, 2.24) is 29.4 Å². The summed E-state index contributed by atoms with van der Waals surface area (Å²) < 4.78 is 3.50. The third-order valence-electron chi connectivity index (χ3n) is 4.97. The second kappa shape index (κ2) is 8.34. The molecule has 0 bridgehead atoms. The van der Waals surface area contributed by atoms with E-state index in [4.69, 9.17) is 5.11 Å². The standard InChI is InChI=1S/C18H26N6O3/c1-3-24-14(2)15(12-19-24)13-21-8-10-22(11-9-21)18(27)16-4-6-23(20-16)7-5-17(25)26/h4,6,12H,3,5,7-11,13H2,1-2H3,(H,25,26). The van der Waals surface area contributed by atoms with Crippen LogP contribution in [0.5, 0.6) is 0 Å². The number of nitrogens with zero attached hydrogens (tertiary/aromatic N) is 6. The van der Waals surface area contributed by atoms with Crippen molar-refractivity contribution in [2.45, 2.75) is 39.9 Å². The van der Waals surface area contributed by atoms with Crippen LogP contribution in [0.25, 0.3) is 0 Å². The highest BCUT2D eigenvalue weighted by atomic mass is 16.4. The van der Waals surface area contributed by atoms with E-state index in [2.05, 4.69) is 28.9 Å². The predicted octanol–water partition coefficient (Wildman–Crippen LogP) is 0.841. The highest BCUT2D eigenvalue weighted by Crippen LogP contribution is 2.14. The molecular weight excluding hydrogens is 348 g/mol. The number of carboxylic acids is 1. The summed E-state index contributed by atoms with van der Waals surface area (Å²) in [7, 11) is 0. The second-order valence-corrected chi connectivity index (χ2v) is 6.75. The average molecular weight is 374 g/mol. The highest BCUT2D eigenvalue weighted by molar-refractivity contribution is 5.92. The number of amides is 1. The van der Waals surface area contributed by atoms with Crippen LogP contribution in [0.2, 0.25) is 0 Å². The molecule has 1 saturated heterocycles. The Kier molecular flexibility index (Phi) is 5.90. The Balaban J connectivity index is 1.51. The smallest absolute Gasteiger partial charge is 0.305 e. The number of aromatic nitrogens is 4. The first-order valence-corrected chi connectivity index (χ1v) is 9.26. The molecule has 9 heteroatoms. The molecule has 1 amide bonds. The van der Waals surface area contributed by atoms with Gasteiger partial charge in [0.05, 0.1) is 19.2 Å². The molecule has 1 aliphatic rings. The van der Waals surface area contributed by atoms with E-state index in [-0.39, 0.29) is 18.9 Å². The molecule has 1 fully saturated rings. The van der Waals surface area contributed by atoms with Gasteiger partial charge in [-0.15, -0.1) is 0 Å². The minimum absolute atomic E-state index is 0.0119. The molecule has 27 heavy (non-hydrogen) atoms. The first-order chi connectivity index (χ1) is 13.0. The van der Waals surface area contributed by atoms with E-state index < -0.39 is 5.97 Å². The van der Waals surface area contributed by atoms with Crippen molar-refractivity contribution in [3.63, 3.8) is 0 Å². The summed E-state index contributed by atoms with van der Waals surface area (Å²) in [6.45, 7) is 9.07. The molecule has 0 unspecified atom stereocenters. The number of aryl methyl sites for hydroxylation is 2. The summed E-state index contributed by atoms with van der Waals surface area (Å²) >= 11 is 0. The Labute approximate surface area is 158 Å². The van der Waals surface area contributed by atoms with E-state index >= 15 is 0 Å². The number of rotatable bonds is 7. The van der Waals surface area contributed by atoms with Gasteiger partial charge in [-0.3, -0.25) is 23.9 Å². The zero-order valence-corrected chi connectivity index (χ0v) is 15.8. The van der Waals surface area contributed by atoms with E-state index in [1.807, 2.05) is 15.8 Å². The molecule has 146 valence electrons. The van der Waals surface area contributed by atoms with Crippen LogP contribution in [0.15, 0.2) is 18.5 Å². The van der Waals surface area contributed by atoms with Crippen LogP contribution in [0.3, 0.4) is 0 Å². The van der Waals surface area contributed by atoms with Gasteiger partial charge in [0.2, 0.25) is 0 Å². The summed E-state index contributed by atoms with van der Waals surface area (Å²) in [5.74, 6) is -0.979. The minimum atomic E-state index is -0.880. The first kappa shape index (κ1) is 19.1. The van der Waals surface area contributed by atoms with Crippen LogP contribution in [-0.4, -0.2) is 72.5 Å². The lowest BCUT2D eigenvalue weighted by Gasteiger charge is -2.34. The molecule has 0 aliphatic carbocycles. The quantitative estimate of drug-likeness (QED) is 0.771. The van der Waals surface area contributed by atoms with Gasteiger partial charge in [0.25, 0.3) is 5.91 Å². The molecule has 2 aromatic heterocycles. The van der Waals surface area contributed by atoms with Crippen LogP contribution >= 0.6 is 0 Å². The molecule has 3 heterocycles. The third-order valence-corrected chi connectivity index (χ3v) is 4.97. The average Bonchev–Trinajstić information content (AvgIpc) is 3.27. The predicted molar refractivity (Wildman–Crippen MR) is 98.3 cm³/mol. The van der Waals surface area contributed by atoms with Crippen LogP contribution in [0.4, 0.5) is 0 Å². The van der Waals surface area contributed by atoms with Crippen molar-refractivity contribution < 1.29 is 14.7 Å². The minimum Gasteiger partial charge on any atom is -0.481 e. The van der Waals surface area contributed by atoms with Crippen LogP contribution in [0, 0.1) is 6.92 Å². The molecule has 0 saturated carbocycles. The fraction of sp³-hybridized carbons (Fsp3) is 0.556.